The van der Waals surface area contributed by atoms with Crippen molar-refractivity contribution in [1.82, 2.24) is 10.2 Å². The zero-order chi connectivity index (χ0) is 20.8. The molecule has 0 aliphatic carbocycles. The number of piperidine rings is 1. The summed E-state index contributed by atoms with van der Waals surface area (Å²) in [6.07, 6.45) is 2.31. The lowest BCUT2D eigenvalue weighted by Gasteiger charge is -2.30. The van der Waals surface area contributed by atoms with Crippen LogP contribution in [0.2, 0.25) is 5.02 Å². The first-order chi connectivity index (χ1) is 13.9. The van der Waals surface area contributed by atoms with Crippen molar-refractivity contribution in [2.24, 2.45) is 5.92 Å². The van der Waals surface area contributed by atoms with E-state index in [1.807, 2.05) is 4.90 Å². The molecule has 29 heavy (non-hydrogen) atoms. The predicted molar refractivity (Wildman–Crippen MR) is 120 cm³/mol. The van der Waals surface area contributed by atoms with Gasteiger partial charge in [0.15, 0.2) is 5.11 Å². The van der Waals surface area contributed by atoms with Gasteiger partial charge >= 0.3 is 0 Å². The first-order valence-electron chi connectivity index (χ1n) is 9.65. The van der Waals surface area contributed by atoms with Crippen LogP contribution < -0.4 is 10.6 Å². The van der Waals surface area contributed by atoms with Crippen LogP contribution in [0, 0.1) is 5.92 Å². The molecular formula is C22H24ClN3O2S. The molecular weight excluding hydrogens is 406 g/mol. The number of hydrogen-bond donors (Lipinski definition) is 2. The van der Waals surface area contributed by atoms with Crippen LogP contribution in [0.25, 0.3) is 0 Å². The van der Waals surface area contributed by atoms with Crippen LogP contribution in [0.1, 0.15) is 35.7 Å². The first-order valence-corrected chi connectivity index (χ1v) is 10.4. The van der Waals surface area contributed by atoms with Gasteiger partial charge in [-0.3, -0.25) is 9.59 Å². The Labute approximate surface area is 181 Å². The van der Waals surface area contributed by atoms with Crippen molar-refractivity contribution in [2.45, 2.75) is 26.2 Å². The second kappa shape index (κ2) is 9.85. The lowest BCUT2D eigenvalue weighted by atomic mass is 9.98. The number of likely N-dealkylation sites (tertiary alicyclic amines) is 1. The molecule has 5 nitrogen and oxygen atoms in total. The monoisotopic (exact) mass is 429 g/mol. The van der Waals surface area contributed by atoms with Crippen molar-refractivity contribution in [3.05, 3.63) is 64.7 Å². The molecule has 2 aromatic rings. The SMILES string of the molecule is CC1CCN(C(=O)c2ccc(NC(=S)NC(=O)Cc3ccc(Cl)cc3)cc2)CC1. The average Bonchev–Trinajstić information content (AvgIpc) is 2.70. The molecule has 0 atom stereocenters. The highest BCUT2D eigenvalue weighted by molar-refractivity contribution is 7.80. The third-order valence-electron chi connectivity index (χ3n) is 4.99. The molecule has 1 heterocycles. The fourth-order valence-electron chi connectivity index (χ4n) is 3.21. The van der Waals surface area contributed by atoms with Gasteiger partial charge in [0.25, 0.3) is 5.91 Å². The number of carbonyl (C=O) groups is 2. The maximum absolute atomic E-state index is 12.6. The summed E-state index contributed by atoms with van der Waals surface area (Å²) >= 11 is 11.1. The maximum Gasteiger partial charge on any atom is 0.253 e. The molecule has 2 N–H and O–H groups in total. The van der Waals surface area contributed by atoms with E-state index in [2.05, 4.69) is 17.6 Å². The Bertz CT molecular complexity index is 876. The smallest absolute Gasteiger partial charge is 0.253 e. The number of benzene rings is 2. The number of thiocarbonyl (C=S) groups is 1. The summed E-state index contributed by atoms with van der Waals surface area (Å²) in [6, 6.07) is 14.2. The molecule has 3 rings (SSSR count). The minimum Gasteiger partial charge on any atom is -0.339 e. The zero-order valence-electron chi connectivity index (χ0n) is 16.3. The Kier molecular flexibility index (Phi) is 7.23. The normalized spacial score (nSPS) is 14.3. The van der Waals surface area contributed by atoms with E-state index in [0.717, 1.165) is 31.5 Å². The van der Waals surface area contributed by atoms with Crippen molar-refractivity contribution >= 4 is 46.4 Å². The third kappa shape index (κ3) is 6.27. The van der Waals surface area contributed by atoms with Crippen molar-refractivity contribution in [3.8, 4) is 0 Å². The molecule has 0 radical (unpaired) electrons. The fourth-order valence-corrected chi connectivity index (χ4v) is 3.57. The topological polar surface area (TPSA) is 61.4 Å². The second-order valence-electron chi connectivity index (χ2n) is 7.36. The van der Waals surface area contributed by atoms with Crippen LogP contribution in [-0.4, -0.2) is 34.9 Å². The van der Waals surface area contributed by atoms with Gasteiger partial charge in [0.2, 0.25) is 5.91 Å². The summed E-state index contributed by atoms with van der Waals surface area (Å²) < 4.78 is 0. The van der Waals surface area contributed by atoms with Crippen molar-refractivity contribution in [1.29, 1.82) is 0 Å². The number of hydrogen-bond acceptors (Lipinski definition) is 3. The maximum atomic E-state index is 12.6. The first kappa shape index (κ1) is 21.3. The molecule has 0 aromatic heterocycles. The highest BCUT2D eigenvalue weighted by Gasteiger charge is 2.21. The molecule has 1 fully saturated rings. The zero-order valence-corrected chi connectivity index (χ0v) is 17.9. The molecule has 2 aromatic carbocycles. The van der Waals surface area contributed by atoms with Gasteiger partial charge in [-0.1, -0.05) is 30.7 Å². The van der Waals surface area contributed by atoms with Gasteiger partial charge in [0.1, 0.15) is 0 Å². The summed E-state index contributed by atoms with van der Waals surface area (Å²) in [5.74, 6) is 0.528. The summed E-state index contributed by atoms with van der Waals surface area (Å²) in [6.45, 7) is 3.84. The molecule has 2 amide bonds. The molecule has 1 aliphatic heterocycles. The van der Waals surface area contributed by atoms with E-state index in [1.54, 1.807) is 48.5 Å². The van der Waals surface area contributed by atoms with Crippen molar-refractivity contribution in [2.75, 3.05) is 18.4 Å². The summed E-state index contributed by atoms with van der Waals surface area (Å²) in [5, 5.41) is 6.47. The van der Waals surface area contributed by atoms with Gasteiger partial charge in [-0.25, -0.2) is 0 Å². The van der Waals surface area contributed by atoms with Crippen LogP contribution in [0.5, 0.6) is 0 Å². The second-order valence-corrected chi connectivity index (χ2v) is 8.20. The van der Waals surface area contributed by atoms with Crippen LogP contribution in [0.15, 0.2) is 48.5 Å². The summed E-state index contributed by atoms with van der Waals surface area (Å²) in [5.41, 5.74) is 2.22. The molecule has 1 aliphatic rings. The number of nitrogens with one attached hydrogen (secondary N) is 2. The minimum atomic E-state index is -0.212. The Balaban J connectivity index is 1.49. The van der Waals surface area contributed by atoms with Crippen molar-refractivity contribution < 1.29 is 9.59 Å². The Hall–Kier alpha value is -2.44. The lowest BCUT2D eigenvalue weighted by molar-refractivity contribution is -0.119. The standard InChI is InChI=1S/C22H24ClN3O2S/c1-15-10-12-26(13-11-15)21(28)17-4-8-19(9-5-17)24-22(29)25-20(27)14-16-2-6-18(23)7-3-16/h2-9,15H,10-14H2,1H3,(H2,24,25,27,29). The number of rotatable bonds is 4. The van der Waals surface area contributed by atoms with E-state index < -0.39 is 0 Å². The highest BCUT2D eigenvalue weighted by atomic mass is 35.5. The van der Waals surface area contributed by atoms with Gasteiger partial charge in [0.05, 0.1) is 6.42 Å². The Morgan fingerprint density at radius 3 is 2.31 bits per heavy atom. The van der Waals surface area contributed by atoms with Crippen LogP contribution in [0.4, 0.5) is 5.69 Å². The summed E-state index contributed by atoms with van der Waals surface area (Å²) in [7, 11) is 0. The van der Waals surface area contributed by atoms with Gasteiger partial charge in [-0.2, -0.15) is 0 Å². The van der Waals surface area contributed by atoms with Crippen molar-refractivity contribution in [3.63, 3.8) is 0 Å². The van der Waals surface area contributed by atoms with Gasteiger partial charge in [-0.15, -0.1) is 0 Å². The Morgan fingerprint density at radius 2 is 1.69 bits per heavy atom. The van der Waals surface area contributed by atoms with E-state index in [0.29, 0.717) is 22.2 Å². The highest BCUT2D eigenvalue weighted by Crippen LogP contribution is 2.19. The van der Waals surface area contributed by atoms with Crippen LogP contribution in [-0.2, 0) is 11.2 Å². The van der Waals surface area contributed by atoms with Gasteiger partial charge < -0.3 is 15.5 Å². The quantitative estimate of drug-likeness (QED) is 0.712. The predicted octanol–water partition coefficient (Wildman–Crippen LogP) is 4.27. The van der Waals surface area contributed by atoms with Crippen LogP contribution in [0.3, 0.4) is 0 Å². The molecule has 7 heteroatoms. The molecule has 0 saturated carbocycles. The van der Waals surface area contributed by atoms with E-state index >= 15 is 0 Å². The number of nitrogens with zero attached hydrogens (tertiary/aromatic N) is 1. The summed E-state index contributed by atoms with van der Waals surface area (Å²) in [4.78, 5) is 26.6. The lowest BCUT2D eigenvalue weighted by Crippen LogP contribution is -2.37. The van der Waals surface area contributed by atoms with E-state index in [9.17, 15) is 9.59 Å². The molecule has 152 valence electrons. The minimum absolute atomic E-state index is 0.0577. The molecule has 0 spiro atoms. The molecule has 0 unspecified atom stereocenters. The number of amides is 2. The number of carbonyl (C=O) groups excluding carboxylic acids is 2. The van der Waals surface area contributed by atoms with E-state index in [1.165, 1.54) is 0 Å². The Morgan fingerprint density at radius 1 is 1.07 bits per heavy atom. The molecule has 0 bridgehead atoms. The van der Waals surface area contributed by atoms with Gasteiger partial charge in [0, 0.05) is 29.4 Å². The van der Waals surface area contributed by atoms with E-state index in [-0.39, 0.29) is 23.3 Å². The van der Waals surface area contributed by atoms with Gasteiger partial charge in [-0.05, 0) is 72.9 Å². The average molecular weight is 430 g/mol. The van der Waals surface area contributed by atoms with Crippen LogP contribution >= 0.6 is 23.8 Å². The largest absolute Gasteiger partial charge is 0.339 e. The number of halogens is 1. The number of anilines is 1. The fraction of sp³-hybridized carbons (Fsp3) is 0.318. The van der Waals surface area contributed by atoms with E-state index in [4.69, 9.17) is 23.8 Å². The molecule has 1 saturated heterocycles. The third-order valence-corrected chi connectivity index (χ3v) is 5.45.